The van der Waals surface area contributed by atoms with Crippen molar-refractivity contribution in [2.24, 2.45) is 0 Å². The number of likely N-dealkylation sites (tertiary alicyclic amines) is 1. The van der Waals surface area contributed by atoms with Gasteiger partial charge in [-0.1, -0.05) is 25.0 Å². The molecule has 0 aliphatic carbocycles. The first-order valence-electron chi connectivity index (χ1n) is 8.66. The zero-order chi connectivity index (χ0) is 16.8. The van der Waals surface area contributed by atoms with Gasteiger partial charge >= 0.3 is 0 Å². The summed E-state index contributed by atoms with van der Waals surface area (Å²) in [5.74, 6) is 1.10. The number of hydrogen-bond acceptors (Lipinski definition) is 3. The van der Waals surface area contributed by atoms with Crippen molar-refractivity contribution >= 4 is 5.91 Å². The molecule has 1 saturated heterocycles. The predicted molar refractivity (Wildman–Crippen MR) is 93.7 cm³/mol. The monoisotopic (exact) mass is 318 g/mol. The fourth-order valence-electron chi connectivity index (χ4n) is 3.07. The Morgan fingerprint density at radius 1 is 1.26 bits per heavy atom. The first kappa shape index (κ1) is 17.8. The van der Waals surface area contributed by atoms with Crippen LogP contribution in [0.4, 0.5) is 0 Å². The van der Waals surface area contributed by atoms with Crippen LogP contribution >= 0.6 is 0 Å². The molecule has 0 unspecified atom stereocenters. The highest BCUT2D eigenvalue weighted by atomic mass is 16.5. The molecule has 128 valence electrons. The Morgan fingerprint density at radius 3 is 2.57 bits per heavy atom. The highest BCUT2D eigenvalue weighted by molar-refractivity contribution is 5.78. The maximum Gasteiger partial charge on any atom is 0.237 e. The highest BCUT2D eigenvalue weighted by Crippen LogP contribution is 2.31. The van der Waals surface area contributed by atoms with Crippen molar-refractivity contribution in [3.8, 4) is 5.75 Å². The van der Waals surface area contributed by atoms with Crippen molar-refractivity contribution in [3.05, 3.63) is 29.8 Å². The Kier molecular flexibility index (Phi) is 6.46. The number of amides is 1. The molecule has 4 heteroatoms. The first-order valence-corrected chi connectivity index (χ1v) is 8.66. The van der Waals surface area contributed by atoms with Crippen molar-refractivity contribution in [2.75, 3.05) is 27.2 Å². The van der Waals surface area contributed by atoms with Crippen LogP contribution in [0.25, 0.3) is 0 Å². The van der Waals surface area contributed by atoms with Crippen LogP contribution in [0.15, 0.2) is 24.3 Å². The lowest BCUT2D eigenvalue weighted by atomic mass is 10.0. The van der Waals surface area contributed by atoms with Crippen LogP contribution in [0, 0.1) is 0 Å². The number of nitrogens with zero attached hydrogens (tertiary/aromatic N) is 2. The van der Waals surface area contributed by atoms with Crippen molar-refractivity contribution in [3.63, 3.8) is 0 Å². The largest absolute Gasteiger partial charge is 0.497 e. The summed E-state index contributed by atoms with van der Waals surface area (Å²) in [6, 6.07) is 8.75. The molecule has 0 N–H and O–H groups in total. The second-order valence-corrected chi connectivity index (χ2v) is 6.73. The van der Waals surface area contributed by atoms with Gasteiger partial charge in [-0.3, -0.25) is 9.69 Å². The van der Waals surface area contributed by atoms with Crippen LogP contribution in [0.3, 0.4) is 0 Å². The van der Waals surface area contributed by atoms with Gasteiger partial charge in [0.2, 0.25) is 5.91 Å². The maximum absolute atomic E-state index is 12.8. The highest BCUT2D eigenvalue weighted by Gasteiger charge is 2.27. The normalized spacial score (nSPS) is 19.0. The van der Waals surface area contributed by atoms with Crippen LogP contribution in [0.5, 0.6) is 5.75 Å². The molecule has 4 nitrogen and oxygen atoms in total. The van der Waals surface area contributed by atoms with Gasteiger partial charge < -0.3 is 9.64 Å². The van der Waals surface area contributed by atoms with Crippen LogP contribution in [-0.2, 0) is 4.79 Å². The Morgan fingerprint density at radius 2 is 1.96 bits per heavy atom. The molecule has 23 heavy (non-hydrogen) atoms. The molecule has 1 fully saturated rings. The summed E-state index contributed by atoms with van der Waals surface area (Å²) in [5, 5.41) is 0. The molecule has 0 aromatic heterocycles. The molecule has 1 aromatic carbocycles. The van der Waals surface area contributed by atoms with Gasteiger partial charge in [0.1, 0.15) is 5.75 Å². The lowest BCUT2D eigenvalue weighted by Gasteiger charge is -2.33. The Labute approximate surface area is 140 Å². The quantitative estimate of drug-likeness (QED) is 0.833. The Balaban J connectivity index is 2.16. The number of benzene rings is 1. The van der Waals surface area contributed by atoms with E-state index in [9.17, 15) is 4.79 Å². The van der Waals surface area contributed by atoms with Gasteiger partial charge in [-0.2, -0.15) is 0 Å². The number of likely N-dealkylation sites (N-methyl/N-ethyl adjacent to an activating group) is 1. The predicted octanol–water partition coefficient (Wildman–Crippen LogP) is 3.48. The van der Waals surface area contributed by atoms with E-state index in [0.29, 0.717) is 12.6 Å². The average Bonchev–Trinajstić information content (AvgIpc) is 2.80. The van der Waals surface area contributed by atoms with Gasteiger partial charge in [-0.25, -0.2) is 0 Å². The lowest BCUT2D eigenvalue weighted by molar-refractivity contribution is -0.135. The zero-order valence-electron chi connectivity index (χ0n) is 14.9. The van der Waals surface area contributed by atoms with E-state index in [0.717, 1.165) is 25.1 Å². The molecule has 1 aromatic rings. The van der Waals surface area contributed by atoms with Gasteiger partial charge in [-0.15, -0.1) is 0 Å². The van der Waals surface area contributed by atoms with Gasteiger partial charge in [-0.05, 0) is 51.4 Å². The smallest absolute Gasteiger partial charge is 0.237 e. The fourth-order valence-corrected chi connectivity index (χ4v) is 3.07. The lowest BCUT2D eigenvalue weighted by Crippen LogP contribution is -2.42. The number of carbonyl (C=O) groups excluding carboxylic acids is 1. The minimum atomic E-state index is 0.191. The first-order chi connectivity index (χ1) is 11.0. The van der Waals surface area contributed by atoms with Crippen LogP contribution < -0.4 is 4.74 Å². The topological polar surface area (TPSA) is 32.8 Å². The molecule has 0 spiro atoms. The minimum Gasteiger partial charge on any atom is -0.497 e. The summed E-state index contributed by atoms with van der Waals surface area (Å²) >= 11 is 0. The van der Waals surface area contributed by atoms with Crippen LogP contribution in [0.2, 0.25) is 0 Å². The minimum absolute atomic E-state index is 0.191. The average molecular weight is 318 g/mol. The molecule has 2 rings (SSSR count). The van der Waals surface area contributed by atoms with E-state index in [4.69, 9.17) is 4.74 Å². The summed E-state index contributed by atoms with van der Waals surface area (Å²) in [7, 11) is 3.70. The number of carbonyl (C=O) groups is 1. The molecule has 1 atom stereocenters. The standard InChI is InChI=1S/C19H30N2O2/c1-15(2)20(3)14-19(22)21-13-7-5-6-8-18(21)16-9-11-17(23-4)12-10-16/h9-12,15,18H,5-8,13-14H2,1-4H3/t18-/m1/s1. The third-order valence-electron chi connectivity index (χ3n) is 4.84. The molecule has 1 heterocycles. The summed E-state index contributed by atoms with van der Waals surface area (Å²) < 4.78 is 5.25. The van der Waals surface area contributed by atoms with E-state index in [1.165, 1.54) is 18.4 Å². The van der Waals surface area contributed by atoms with E-state index in [2.05, 4.69) is 35.8 Å². The summed E-state index contributed by atoms with van der Waals surface area (Å²) in [4.78, 5) is 17.0. The number of ether oxygens (including phenoxy) is 1. The van der Waals surface area contributed by atoms with Crippen molar-refractivity contribution < 1.29 is 9.53 Å². The second kappa shape index (κ2) is 8.34. The van der Waals surface area contributed by atoms with E-state index < -0.39 is 0 Å². The van der Waals surface area contributed by atoms with E-state index in [1.807, 2.05) is 19.2 Å². The van der Waals surface area contributed by atoms with E-state index in [1.54, 1.807) is 7.11 Å². The van der Waals surface area contributed by atoms with Gasteiger partial charge in [0.25, 0.3) is 0 Å². The van der Waals surface area contributed by atoms with Gasteiger partial charge in [0.15, 0.2) is 0 Å². The van der Waals surface area contributed by atoms with Gasteiger partial charge in [0, 0.05) is 12.6 Å². The number of hydrogen-bond donors (Lipinski definition) is 0. The molecule has 1 aliphatic rings. The van der Waals surface area contributed by atoms with Crippen LogP contribution in [-0.4, -0.2) is 49.0 Å². The third kappa shape index (κ3) is 4.71. The van der Waals surface area contributed by atoms with Crippen LogP contribution in [0.1, 0.15) is 51.1 Å². The maximum atomic E-state index is 12.8. The summed E-state index contributed by atoms with van der Waals surface area (Å²) in [5.41, 5.74) is 1.22. The molecule has 0 radical (unpaired) electrons. The molecular weight excluding hydrogens is 288 g/mol. The molecule has 1 amide bonds. The summed E-state index contributed by atoms with van der Waals surface area (Å²) in [6.07, 6.45) is 4.53. The zero-order valence-corrected chi connectivity index (χ0v) is 14.9. The second-order valence-electron chi connectivity index (χ2n) is 6.73. The summed E-state index contributed by atoms with van der Waals surface area (Å²) in [6.45, 7) is 5.60. The third-order valence-corrected chi connectivity index (χ3v) is 4.84. The number of methoxy groups -OCH3 is 1. The van der Waals surface area contributed by atoms with Gasteiger partial charge in [0.05, 0.1) is 19.7 Å². The SMILES string of the molecule is COc1ccc([C@H]2CCCCCN2C(=O)CN(C)C(C)C)cc1. The Bertz CT molecular complexity index is 499. The fraction of sp³-hybridized carbons (Fsp3) is 0.632. The molecule has 1 aliphatic heterocycles. The van der Waals surface area contributed by atoms with E-state index in [-0.39, 0.29) is 11.9 Å². The molecular formula is C19H30N2O2. The van der Waals surface area contributed by atoms with Crippen molar-refractivity contribution in [2.45, 2.75) is 51.6 Å². The molecule has 0 saturated carbocycles. The van der Waals surface area contributed by atoms with Crippen molar-refractivity contribution in [1.29, 1.82) is 0 Å². The van der Waals surface area contributed by atoms with Crippen molar-refractivity contribution in [1.82, 2.24) is 9.80 Å². The number of rotatable bonds is 5. The Hall–Kier alpha value is -1.55. The van der Waals surface area contributed by atoms with E-state index >= 15 is 0 Å². The molecule has 0 bridgehead atoms.